The monoisotopic (exact) mass is 603 g/mol. The maximum absolute atomic E-state index is 13.2. The number of phenols is 2. The summed E-state index contributed by atoms with van der Waals surface area (Å²) >= 11 is 2.31. The van der Waals surface area contributed by atoms with Crippen molar-refractivity contribution in [2.24, 2.45) is 5.16 Å². The van der Waals surface area contributed by atoms with Crippen LogP contribution in [0.3, 0.4) is 0 Å². The number of carbonyl (C=O) groups is 4. The first-order valence-corrected chi connectivity index (χ1v) is 14.4. The van der Waals surface area contributed by atoms with Crippen molar-refractivity contribution in [3.8, 4) is 11.5 Å². The van der Waals surface area contributed by atoms with E-state index >= 15 is 0 Å². The summed E-state index contributed by atoms with van der Waals surface area (Å²) in [7, 11) is 0. The fourth-order valence-electron chi connectivity index (χ4n) is 4.61. The zero-order valence-corrected chi connectivity index (χ0v) is 22.9. The van der Waals surface area contributed by atoms with Gasteiger partial charge in [-0.05, 0) is 43.9 Å². The van der Waals surface area contributed by atoms with Gasteiger partial charge in [-0.25, -0.2) is 14.6 Å². The Bertz CT molecular complexity index is 1470. The largest absolute Gasteiger partial charge is 0.504 e. The number of nitrogen functional groups attached to an aromatic ring is 1. The van der Waals surface area contributed by atoms with Crippen LogP contribution < -0.4 is 11.1 Å². The second-order valence-corrected chi connectivity index (χ2v) is 11.4. The number of nitrogens with one attached hydrogen (secondary N) is 1. The number of hydrogen-bond donors (Lipinski definition) is 5. The minimum atomic E-state index is -1.40. The Labute approximate surface area is 240 Å². The van der Waals surface area contributed by atoms with Crippen molar-refractivity contribution < 1.29 is 44.1 Å². The van der Waals surface area contributed by atoms with Crippen LogP contribution in [0.5, 0.6) is 11.5 Å². The molecule has 14 nitrogen and oxygen atoms in total. The molecular weight excluding hydrogens is 578 g/mol. The SMILES string of the molecule is Nc1nc(/C(=N/OC2CCCC2)C(=O)N[C@@H]2C(=O)N3C(C(=O)O)=C(COC(=O)c4ccc(O)c(O)c4)CS[C@H]23)cs1. The topological polar surface area (TPSA) is 214 Å². The molecule has 0 unspecified atom stereocenters. The number of thiazole rings is 1. The van der Waals surface area contributed by atoms with Gasteiger partial charge in [-0.2, -0.15) is 0 Å². The molecule has 2 atom stereocenters. The number of carboxylic acids is 1. The van der Waals surface area contributed by atoms with Gasteiger partial charge in [-0.1, -0.05) is 5.16 Å². The van der Waals surface area contributed by atoms with E-state index in [1.807, 2.05) is 0 Å². The van der Waals surface area contributed by atoms with Gasteiger partial charge in [0.1, 0.15) is 35.5 Å². The molecule has 0 spiro atoms. The normalized spacial score (nSPS) is 20.8. The molecule has 2 aliphatic heterocycles. The minimum Gasteiger partial charge on any atom is -0.504 e. The number of carbonyl (C=O) groups excluding carboxylic acids is 3. The lowest BCUT2D eigenvalue weighted by atomic mass is 10.0. The standard InChI is InChI=1S/C25H25N5O9S2/c26-25-27-14(10-41-25)17(29-39-13-3-1-2-4-13)20(33)28-18-21(34)30-19(23(35)36)12(9-40-22(18)30)8-38-24(37)11-5-6-15(31)16(32)7-11/h5-7,10,13,18,22,31-32H,1-4,8-9H2,(H2,26,27)(H,28,33)(H,35,36)/b29-17-/t18-,22-/m1/s1. The molecule has 3 heterocycles. The van der Waals surface area contributed by atoms with Crippen LogP contribution in [-0.2, 0) is 24.0 Å². The lowest BCUT2D eigenvalue weighted by Gasteiger charge is -2.49. The van der Waals surface area contributed by atoms with E-state index in [0.29, 0.717) is 0 Å². The fraction of sp³-hybridized carbons (Fsp3) is 0.360. The van der Waals surface area contributed by atoms with Crippen LogP contribution >= 0.6 is 23.1 Å². The van der Waals surface area contributed by atoms with Crippen molar-refractivity contribution in [3.63, 3.8) is 0 Å². The van der Waals surface area contributed by atoms with Gasteiger partial charge in [0.2, 0.25) is 0 Å². The predicted octanol–water partition coefficient (Wildman–Crippen LogP) is 1.40. The smallest absolute Gasteiger partial charge is 0.352 e. The van der Waals surface area contributed by atoms with Gasteiger partial charge < -0.3 is 35.9 Å². The Morgan fingerprint density at radius 2 is 1.95 bits per heavy atom. The van der Waals surface area contributed by atoms with Crippen molar-refractivity contribution >= 4 is 57.7 Å². The van der Waals surface area contributed by atoms with Gasteiger partial charge in [0.25, 0.3) is 11.8 Å². The van der Waals surface area contributed by atoms with Crippen LogP contribution in [0.4, 0.5) is 5.13 Å². The summed E-state index contributed by atoms with van der Waals surface area (Å²) in [6.07, 6.45) is 3.49. The van der Waals surface area contributed by atoms with E-state index in [4.69, 9.17) is 15.3 Å². The first-order chi connectivity index (χ1) is 19.6. The summed E-state index contributed by atoms with van der Waals surface area (Å²) in [6.45, 7) is -0.427. The van der Waals surface area contributed by atoms with Gasteiger partial charge >= 0.3 is 11.9 Å². The number of phenolic OH excluding ortho intramolecular Hbond substituents is 2. The third kappa shape index (κ3) is 5.78. The van der Waals surface area contributed by atoms with E-state index in [0.717, 1.165) is 54.1 Å². The zero-order chi connectivity index (χ0) is 29.3. The average molecular weight is 604 g/mol. The van der Waals surface area contributed by atoms with Crippen molar-refractivity contribution in [3.05, 3.63) is 46.1 Å². The van der Waals surface area contributed by atoms with E-state index in [1.165, 1.54) is 17.8 Å². The first kappa shape index (κ1) is 28.2. The quantitative estimate of drug-likeness (QED) is 0.0904. The highest BCUT2D eigenvalue weighted by Crippen LogP contribution is 2.40. The molecule has 216 valence electrons. The number of fused-ring (bicyclic) bond motifs is 1. The van der Waals surface area contributed by atoms with Crippen LogP contribution in [0.15, 0.2) is 40.0 Å². The molecule has 1 aromatic heterocycles. The number of aromatic nitrogens is 1. The Kier molecular flexibility index (Phi) is 8.03. The number of anilines is 1. The maximum Gasteiger partial charge on any atom is 0.352 e. The highest BCUT2D eigenvalue weighted by atomic mass is 32.2. The van der Waals surface area contributed by atoms with Crippen LogP contribution in [0.2, 0.25) is 0 Å². The molecule has 1 saturated heterocycles. The highest BCUT2D eigenvalue weighted by molar-refractivity contribution is 8.00. The minimum absolute atomic E-state index is 0.0573. The summed E-state index contributed by atoms with van der Waals surface area (Å²) < 4.78 is 5.21. The highest BCUT2D eigenvalue weighted by Gasteiger charge is 2.54. The molecule has 1 aromatic carbocycles. The van der Waals surface area contributed by atoms with Gasteiger partial charge in [0.15, 0.2) is 22.3 Å². The predicted molar refractivity (Wildman–Crippen MR) is 146 cm³/mol. The molecule has 41 heavy (non-hydrogen) atoms. The van der Waals surface area contributed by atoms with E-state index in [9.17, 15) is 34.5 Å². The number of rotatable bonds is 9. The molecule has 16 heteroatoms. The fourth-order valence-corrected chi connectivity index (χ4v) is 6.49. The average Bonchev–Trinajstić information content (AvgIpc) is 3.63. The maximum atomic E-state index is 13.2. The van der Waals surface area contributed by atoms with Gasteiger partial charge in [0, 0.05) is 16.7 Å². The molecule has 1 aliphatic carbocycles. The number of oxime groups is 1. The molecular formula is C25H25N5O9S2. The number of aliphatic carboxylic acids is 1. The van der Waals surface area contributed by atoms with Crippen molar-refractivity contribution in [2.45, 2.75) is 43.2 Å². The Morgan fingerprint density at radius 3 is 2.61 bits per heavy atom. The Hall–Kier alpha value is -4.31. The van der Waals surface area contributed by atoms with Crippen molar-refractivity contribution in [2.75, 3.05) is 18.1 Å². The number of nitrogens with two attached hydrogens (primary N) is 1. The number of aromatic hydroxyl groups is 2. The van der Waals surface area contributed by atoms with E-state index < -0.39 is 53.3 Å². The molecule has 2 amide bonds. The van der Waals surface area contributed by atoms with E-state index in [-0.39, 0.29) is 45.2 Å². The van der Waals surface area contributed by atoms with Gasteiger partial charge in [0.05, 0.1) is 5.56 Å². The summed E-state index contributed by atoms with van der Waals surface area (Å²) in [5.74, 6) is -4.47. The number of amides is 2. The number of ether oxygens (including phenoxy) is 1. The summed E-state index contributed by atoms with van der Waals surface area (Å²) in [5, 5.41) is 36.6. The second-order valence-electron chi connectivity index (χ2n) is 9.42. The van der Waals surface area contributed by atoms with Gasteiger partial charge in [-0.3, -0.25) is 14.5 Å². The summed E-state index contributed by atoms with van der Waals surface area (Å²) in [5.41, 5.74) is 5.57. The molecule has 0 bridgehead atoms. The molecule has 5 rings (SSSR count). The summed E-state index contributed by atoms with van der Waals surface area (Å²) in [6, 6.07) is 2.32. The van der Waals surface area contributed by atoms with Crippen molar-refractivity contribution in [1.29, 1.82) is 0 Å². The van der Waals surface area contributed by atoms with Crippen LogP contribution in [0.25, 0.3) is 0 Å². The number of thioether (sulfide) groups is 1. The van der Waals surface area contributed by atoms with Crippen LogP contribution in [-0.4, -0.2) is 84.5 Å². The zero-order valence-electron chi connectivity index (χ0n) is 21.3. The first-order valence-electron chi connectivity index (χ1n) is 12.5. The number of hydrogen-bond acceptors (Lipinski definition) is 13. The van der Waals surface area contributed by atoms with Crippen LogP contribution in [0.1, 0.15) is 41.7 Å². The number of β-lactam (4-membered cyclic amide) rings is 1. The second kappa shape index (κ2) is 11.7. The lowest BCUT2D eigenvalue weighted by Crippen LogP contribution is -2.71. The van der Waals surface area contributed by atoms with Gasteiger partial charge in [-0.15, -0.1) is 23.1 Å². The Morgan fingerprint density at radius 1 is 1.20 bits per heavy atom. The van der Waals surface area contributed by atoms with Crippen LogP contribution in [0, 0.1) is 0 Å². The summed E-state index contributed by atoms with van der Waals surface area (Å²) in [4.78, 5) is 61.6. The number of carboxylic acid groups (broad SMARTS) is 1. The van der Waals surface area contributed by atoms with Crippen molar-refractivity contribution in [1.82, 2.24) is 15.2 Å². The Balaban J connectivity index is 1.28. The third-order valence-corrected chi connectivity index (χ3v) is 8.71. The van der Waals surface area contributed by atoms with E-state index in [1.54, 1.807) is 5.38 Å². The molecule has 1 saturated carbocycles. The molecule has 2 aromatic rings. The molecule has 3 aliphatic rings. The lowest BCUT2D eigenvalue weighted by molar-refractivity contribution is -0.150. The number of nitrogens with zero attached hydrogens (tertiary/aromatic N) is 3. The third-order valence-electron chi connectivity index (χ3n) is 6.70. The molecule has 6 N–H and O–H groups in total. The molecule has 0 radical (unpaired) electrons. The van der Waals surface area contributed by atoms with E-state index in [2.05, 4.69) is 15.5 Å². The molecule has 2 fully saturated rings. The number of esters is 1. The number of benzene rings is 1.